The number of aliphatic hydroxyl groups excluding tert-OH is 5. The largest absolute Gasteiger partial charge is 0.454 e. The van der Waals surface area contributed by atoms with Crippen molar-refractivity contribution in [3.05, 3.63) is 109 Å². The molecule has 0 bridgehead atoms. The summed E-state index contributed by atoms with van der Waals surface area (Å²) in [6.07, 6.45) is 57.0. The Labute approximate surface area is 449 Å². The lowest BCUT2D eigenvalue weighted by atomic mass is 9.99. The first-order valence-electron chi connectivity index (χ1n) is 29.2. The van der Waals surface area contributed by atoms with E-state index in [-0.39, 0.29) is 19.4 Å². The van der Waals surface area contributed by atoms with Crippen LogP contribution in [0.3, 0.4) is 0 Å². The zero-order chi connectivity index (χ0) is 54.0. The Kier molecular flexibility index (Phi) is 46.3. The molecular weight excluding hydrogens is 931 g/mol. The predicted octanol–water partition coefficient (Wildman–Crippen LogP) is 13.3. The lowest BCUT2D eigenvalue weighted by molar-refractivity contribution is -0.305. The second-order valence-electron chi connectivity index (χ2n) is 19.6. The number of rotatable bonds is 47. The standard InChI is InChI=1S/C63H105NO10/c1-4-7-10-13-16-19-22-25-27-29-31-33-36-39-42-45-48-51-58(68)74-61-60(70)59(69)57(52-65)73-63(61)72-53-54(55(66)49-46-43-40-37-34-24-21-18-15-12-9-6-3)64-62(71)56(67)50-47-44-41-38-35-32-30-28-26-23-20-17-14-11-8-5-2/h7,10,16-17,19-20,25-28,31-33,35,39,42,46,49,54-57,59-61,63,65-67,69-70H,4-6,8-9,11-15,18,21-24,29-30,34,36-38,40-41,43-45,47-48,50-53H2,1-3H3,(H,64,71)/b10-7-,19-16-,20-17-,27-25-,28-26-,33-31-,35-32-,42-39-,49-46+. The number of aliphatic hydroxyl groups is 5. The Balaban J connectivity index is 2.79. The van der Waals surface area contributed by atoms with Gasteiger partial charge in [0.15, 0.2) is 12.4 Å². The minimum atomic E-state index is -1.65. The van der Waals surface area contributed by atoms with Crippen LogP contribution < -0.4 is 5.32 Å². The Morgan fingerprint density at radius 3 is 1.49 bits per heavy atom. The average Bonchev–Trinajstić information content (AvgIpc) is 3.40. The number of hydrogen-bond donors (Lipinski definition) is 6. The first-order chi connectivity index (χ1) is 36.2. The first kappa shape index (κ1) is 68.3. The summed E-state index contributed by atoms with van der Waals surface area (Å²) in [7, 11) is 0. The Morgan fingerprint density at radius 2 is 0.973 bits per heavy atom. The van der Waals surface area contributed by atoms with E-state index >= 15 is 0 Å². The maximum atomic E-state index is 13.4. The molecule has 1 fully saturated rings. The van der Waals surface area contributed by atoms with Crippen LogP contribution in [0.4, 0.5) is 0 Å². The zero-order valence-electron chi connectivity index (χ0n) is 46.4. The quantitative estimate of drug-likeness (QED) is 0.0196. The van der Waals surface area contributed by atoms with Crippen LogP contribution in [0.5, 0.6) is 0 Å². The summed E-state index contributed by atoms with van der Waals surface area (Å²) in [6.45, 7) is 5.57. The molecule has 0 aromatic heterocycles. The number of carbonyl (C=O) groups excluding carboxylic acids is 2. The maximum Gasteiger partial charge on any atom is 0.306 e. The third-order valence-corrected chi connectivity index (χ3v) is 12.9. The highest BCUT2D eigenvalue weighted by Gasteiger charge is 2.47. The van der Waals surface area contributed by atoms with Gasteiger partial charge in [-0.2, -0.15) is 0 Å². The number of carbonyl (C=O) groups is 2. The third kappa shape index (κ3) is 38.0. The molecule has 422 valence electrons. The monoisotopic (exact) mass is 1040 g/mol. The molecule has 8 unspecified atom stereocenters. The van der Waals surface area contributed by atoms with Crippen molar-refractivity contribution in [3.8, 4) is 0 Å². The zero-order valence-corrected chi connectivity index (χ0v) is 46.4. The third-order valence-electron chi connectivity index (χ3n) is 12.9. The van der Waals surface area contributed by atoms with E-state index in [2.05, 4.69) is 111 Å². The van der Waals surface area contributed by atoms with E-state index in [1.165, 1.54) is 64.2 Å². The summed E-state index contributed by atoms with van der Waals surface area (Å²) >= 11 is 0. The topological polar surface area (TPSA) is 175 Å². The first-order valence-corrected chi connectivity index (χ1v) is 29.2. The number of ether oxygens (including phenoxy) is 3. The van der Waals surface area contributed by atoms with Crippen LogP contribution in [0.2, 0.25) is 0 Å². The van der Waals surface area contributed by atoms with Crippen LogP contribution in [0.1, 0.15) is 213 Å². The molecule has 0 aromatic carbocycles. The molecule has 0 saturated carbocycles. The lowest BCUT2D eigenvalue weighted by Gasteiger charge is -2.41. The normalized spacial score (nSPS) is 20.1. The van der Waals surface area contributed by atoms with Crippen LogP contribution >= 0.6 is 0 Å². The number of hydrogen-bond acceptors (Lipinski definition) is 10. The van der Waals surface area contributed by atoms with Gasteiger partial charge in [0.2, 0.25) is 5.91 Å². The number of amides is 1. The second kappa shape index (κ2) is 50.2. The number of esters is 1. The van der Waals surface area contributed by atoms with Crippen molar-refractivity contribution in [2.75, 3.05) is 13.2 Å². The van der Waals surface area contributed by atoms with E-state index in [1.54, 1.807) is 6.08 Å². The van der Waals surface area contributed by atoms with Gasteiger partial charge in [-0.3, -0.25) is 9.59 Å². The summed E-state index contributed by atoms with van der Waals surface area (Å²) < 4.78 is 17.5. The van der Waals surface area contributed by atoms with Crippen LogP contribution in [-0.4, -0.2) is 99.6 Å². The molecule has 1 rings (SSSR count). The molecule has 1 aliphatic heterocycles. The van der Waals surface area contributed by atoms with Gasteiger partial charge in [-0.05, 0) is 103 Å². The molecule has 0 radical (unpaired) electrons. The van der Waals surface area contributed by atoms with E-state index in [1.807, 2.05) is 18.2 Å². The molecule has 6 N–H and O–H groups in total. The fourth-order valence-corrected chi connectivity index (χ4v) is 8.28. The van der Waals surface area contributed by atoms with E-state index in [4.69, 9.17) is 14.2 Å². The van der Waals surface area contributed by atoms with Crippen LogP contribution in [0.25, 0.3) is 0 Å². The summed E-state index contributed by atoms with van der Waals surface area (Å²) in [5.41, 5.74) is 0. The summed E-state index contributed by atoms with van der Waals surface area (Å²) in [5.74, 6) is -1.29. The molecule has 11 heteroatoms. The molecule has 1 saturated heterocycles. The van der Waals surface area contributed by atoms with Crippen molar-refractivity contribution in [1.82, 2.24) is 5.32 Å². The van der Waals surface area contributed by atoms with Crippen molar-refractivity contribution in [2.24, 2.45) is 0 Å². The van der Waals surface area contributed by atoms with Gasteiger partial charge in [0.05, 0.1) is 25.4 Å². The number of unbranched alkanes of at least 4 members (excludes halogenated alkanes) is 17. The van der Waals surface area contributed by atoms with Crippen molar-refractivity contribution >= 4 is 11.9 Å². The van der Waals surface area contributed by atoms with Gasteiger partial charge >= 0.3 is 5.97 Å². The molecule has 1 aliphatic rings. The van der Waals surface area contributed by atoms with Crippen molar-refractivity contribution in [1.29, 1.82) is 0 Å². The molecule has 8 atom stereocenters. The smallest absolute Gasteiger partial charge is 0.306 e. The van der Waals surface area contributed by atoms with Gasteiger partial charge in [0, 0.05) is 6.42 Å². The fourth-order valence-electron chi connectivity index (χ4n) is 8.28. The second-order valence-corrected chi connectivity index (χ2v) is 19.6. The number of allylic oxidation sites excluding steroid dienone is 17. The highest BCUT2D eigenvalue weighted by molar-refractivity contribution is 5.80. The highest BCUT2D eigenvalue weighted by Crippen LogP contribution is 2.26. The average molecular weight is 1040 g/mol. The van der Waals surface area contributed by atoms with E-state index in [9.17, 15) is 35.1 Å². The Hall–Kier alpha value is -3.68. The number of nitrogens with one attached hydrogen (secondary N) is 1. The van der Waals surface area contributed by atoms with E-state index in [0.717, 1.165) is 96.3 Å². The van der Waals surface area contributed by atoms with Crippen molar-refractivity contribution in [2.45, 2.75) is 262 Å². The van der Waals surface area contributed by atoms with Gasteiger partial charge in [-0.1, -0.05) is 214 Å². The highest BCUT2D eigenvalue weighted by atomic mass is 16.7. The molecule has 0 aliphatic carbocycles. The minimum absolute atomic E-state index is 0.0365. The fraction of sp³-hybridized carbons (Fsp3) is 0.683. The van der Waals surface area contributed by atoms with Gasteiger partial charge in [-0.15, -0.1) is 0 Å². The summed E-state index contributed by atoms with van der Waals surface area (Å²) in [6, 6.07) is -1.05. The Bertz CT molecular complexity index is 1610. The summed E-state index contributed by atoms with van der Waals surface area (Å²) in [5, 5.41) is 56.8. The van der Waals surface area contributed by atoms with Crippen molar-refractivity contribution < 1.29 is 49.3 Å². The minimum Gasteiger partial charge on any atom is -0.454 e. The lowest BCUT2D eigenvalue weighted by Crippen LogP contribution is -2.61. The van der Waals surface area contributed by atoms with Gasteiger partial charge in [0.1, 0.15) is 24.4 Å². The molecule has 1 amide bonds. The predicted molar refractivity (Wildman–Crippen MR) is 305 cm³/mol. The van der Waals surface area contributed by atoms with Crippen molar-refractivity contribution in [3.63, 3.8) is 0 Å². The molecule has 11 nitrogen and oxygen atoms in total. The van der Waals surface area contributed by atoms with Crippen LogP contribution in [0, 0.1) is 0 Å². The van der Waals surface area contributed by atoms with Gasteiger partial charge in [-0.25, -0.2) is 0 Å². The summed E-state index contributed by atoms with van der Waals surface area (Å²) in [4.78, 5) is 26.5. The molecule has 74 heavy (non-hydrogen) atoms. The van der Waals surface area contributed by atoms with Crippen LogP contribution in [0.15, 0.2) is 109 Å². The molecular formula is C63H105NO10. The molecule has 1 heterocycles. The Morgan fingerprint density at radius 1 is 0.541 bits per heavy atom. The van der Waals surface area contributed by atoms with Crippen LogP contribution in [-0.2, 0) is 23.8 Å². The van der Waals surface area contributed by atoms with Gasteiger partial charge < -0.3 is 45.1 Å². The molecule has 0 spiro atoms. The van der Waals surface area contributed by atoms with E-state index in [0.29, 0.717) is 19.3 Å². The maximum absolute atomic E-state index is 13.4. The SMILES string of the molecule is CC/C=C\C/C=C\C/C=C\C/C=C\C/C=C\CCCC(=O)OC1C(OCC(NC(=O)C(O)CCCCC/C=C\C/C=C\C/C=C\CCCCC)C(O)/C=C/CCCCCCCCCCCC)OC(CO)C(O)C1O. The van der Waals surface area contributed by atoms with E-state index < -0.39 is 67.4 Å². The molecule has 0 aromatic rings. The van der Waals surface area contributed by atoms with Gasteiger partial charge in [0.25, 0.3) is 0 Å².